The van der Waals surface area contributed by atoms with Crippen LogP contribution in [0.5, 0.6) is 0 Å². The Morgan fingerprint density at radius 3 is 1.90 bits per heavy atom. The molecule has 19 heteroatoms. The van der Waals surface area contributed by atoms with E-state index in [1.54, 1.807) is 44.2 Å². The van der Waals surface area contributed by atoms with Gasteiger partial charge in [0.1, 0.15) is 12.1 Å². The number of hydrogen-bond acceptors (Lipinski definition) is 11. The summed E-state index contributed by atoms with van der Waals surface area (Å²) in [5.41, 5.74) is 10.3. The van der Waals surface area contributed by atoms with Gasteiger partial charge in [0.15, 0.2) is 0 Å². The van der Waals surface area contributed by atoms with Gasteiger partial charge in [-0.3, -0.25) is 19.2 Å². The van der Waals surface area contributed by atoms with Crippen LogP contribution < -0.4 is 32.3 Å². The number of aryl methyl sites for hydroxylation is 1. The SMILES string of the molecule is Cc1ccc(NC(=O)[C@H](CCCNC(N)=O)NC(=O)[C@@H](NC(=O)CCOCCOCCOCCOCCNC(=O)c2ccc3nc(CBr)c(CBr)nc3c2)C(C)C)cc1. The molecule has 0 aliphatic rings. The van der Waals surface area contributed by atoms with E-state index >= 15 is 0 Å². The number of ether oxygens (including phenoxy) is 4. The molecule has 1 heterocycles. The molecule has 3 aromatic rings. The summed E-state index contributed by atoms with van der Waals surface area (Å²) in [6, 6.07) is 9.98. The third-order valence-electron chi connectivity index (χ3n) is 8.64. The number of nitrogens with two attached hydrogens (primary N) is 1. The number of nitrogens with one attached hydrogen (secondary N) is 5. The predicted octanol–water partition coefficient (Wildman–Crippen LogP) is 3.63. The highest BCUT2D eigenvalue weighted by Crippen LogP contribution is 2.19. The Morgan fingerprint density at radius 2 is 1.31 bits per heavy atom. The van der Waals surface area contributed by atoms with Crippen molar-refractivity contribution in [3.8, 4) is 0 Å². The summed E-state index contributed by atoms with van der Waals surface area (Å²) in [6.45, 7) is 8.54. The second-order valence-electron chi connectivity index (χ2n) is 13.7. The Kier molecular flexibility index (Phi) is 22.9. The van der Waals surface area contributed by atoms with Crippen LogP contribution in [0.4, 0.5) is 10.5 Å². The molecule has 324 valence electrons. The number of alkyl halides is 2. The fraction of sp³-hybridized carbons (Fsp3) is 0.525. The molecule has 2 atom stereocenters. The van der Waals surface area contributed by atoms with E-state index in [-0.39, 0.29) is 50.3 Å². The van der Waals surface area contributed by atoms with Gasteiger partial charge < -0.3 is 51.3 Å². The largest absolute Gasteiger partial charge is 0.379 e. The molecule has 0 saturated carbocycles. The number of nitrogens with zero attached hydrogens (tertiary/aromatic N) is 2. The maximum Gasteiger partial charge on any atom is 0.312 e. The molecule has 2 aromatic carbocycles. The van der Waals surface area contributed by atoms with Crippen molar-refractivity contribution in [1.82, 2.24) is 31.2 Å². The molecule has 1 aromatic heterocycles. The highest BCUT2D eigenvalue weighted by molar-refractivity contribution is 9.09. The number of amides is 6. The molecule has 0 aliphatic carbocycles. The molecule has 0 fully saturated rings. The number of carbonyl (C=O) groups excluding carboxylic acids is 5. The van der Waals surface area contributed by atoms with E-state index in [1.807, 2.05) is 19.1 Å². The fourth-order valence-corrected chi connectivity index (χ4v) is 6.34. The first-order chi connectivity index (χ1) is 28.4. The lowest BCUT2D eigenvalue weighted by Gasteiger charge is -2.25. The lowest BCUT2D eigenvalue weighted by atomic mass is 10.0. The van der Waals surface area contributed by atoms with Crippen molar-refractivity contribution in [2.45, 2.75) is 62.8 Å². The van der Waals surface area contributed by atoms with Gasteiger partial charge in [-0.2, -0.15) is 0 Å². The Balaban J connectivity index is 1.23. The first kappa shape index (κ1) is 49.1. The number of anilines is 1. The maximum atomic E-state index is 13.3. The van der Waals surface area contributed by atoms with E-state index in [9.17, 15) is 24.0 Å². The zero-order valence-corrected chi connectivity index (χ0v) is 37.0. The molecular formula is C40H56Br2N8O9. The second kappa shape index (κ2) is 27.5. The summed E-state index contributed by atoms with van der Waals surface area (Å²) in [7, 11) is 0. The van der Waals surface area contributed by atoms with Crippen LogP contribution in [0.3, 0.4) is 0 Å². The van der Waals surface area contributed by atoms with E-state index in [0.29, 0.717) is 80.0 Å². The van der Waals surface area contributed by atoms with Gasteiger partial charge in [0.05, 0.1) is 75.3 Å². The maximum absolute atomic E-state index is 13.3. The lowest BCUT2D eigenvalue weighted by molar-refractivity contribution is -0.132. The van der Waals surface area contributed by atoms with Gasteiger partial charge in [-0.25, -0.2) is 14.8 Å². The van der Waals surface area contributed by atoms with Crippen LogP contribution in [0.25, 0.3) is 11.0 Å². The summed E-state index contributed by atoms with van der Waals surface area (Å²) in [4.78, 5) is 72.1. The average molecular weight is 953 g/mol. The number of fused-ring (bicyclic) bond motifs is 1. The minimum Gasteiger partial charge on any atom is -0.379 e. The van der Waals surface area contributed by atoms with Crippen molar-refractivity contribution in [1.29, 1.82) is 0 Å². The minimum atomic E-state index is -0.925. The number of carbonyl (C=O) groups is 5. The second-order valence-corrected chi connectivity index (χ2v) is 14.8. The molecule has 59 heavy (non-hydrogen) atoms. The highest BCUT2D eigenvalue weighted by Gasteiger charge is 2.29. The monoisotopic (exact) mass is 950 g/mol. The Bertz CT molecular complexity index is 1800. The summed E-state index contributed by atoms with van der Waals surface area (Å²) in [6.07, 6.45) is 0.629. The molecule has 0 saturated heterocycles. The fourth-order valence-electron chi connectivity index (χ4n) is 5.44. The van der Waals surface area contributed by atoms with Gasteiger partial charge in [-0.15, -0.1) is 0 Å². The van der Waals surface area contributed by atoms with Crippen LogP contribution in [-0.2, 0) is 44.0 Å². The first-order valence-electron chi connectivity index (χ1n) is 19.4. The van der Waals surface area contributed by atoms with Crippen LogP contribution >= 0.6 is 31.9 Å². The standard InChI is InChI=1S/C40H56Br2N8O9/c1-26(2)36(39(54)49-31(5-4-13-45-40(43)55)38(53)46-29-9-6-27(3)7-10-29)50-35(51)12-15-56-17-19-58-21-22-59-20-18-57-16-14-44-37(52)28-8-11-30-32(23-28)48-34(25-42)33(24-41)47-30/h6-11,23,26,31,36H,4-5,12-22,24-25H2,1-3H3,(H,44,52)(H,46,53)(H,49,54)(H,50,51)(H3,43,45,55)/t31-,36-/m0/s1. The molecular weight excluding hydrogens is 896 g/mol. The third kappa shape index (κ3) is 18.7. The normalized spacial score (nSPS) is 12.2. The van der Waals surface area contributed by atoms with Crippen LogP contribution in [0.15, 0.2) is 42.5 Å². The van der Waals surface area contributed by atoms with Crippen molar-refractivity contribution in [2.24, 2.45) is 11.7 Å². The van der Waals surface area contributed by atoms with Crippen LogP contribution in [0.2, 0.25) is 0 Å². The Morgan fingerprint density at radius 1 is 0.712 bits per heavy atom. The predicted molar refractivity (Wildman–Crippen MR) is 230 cm³/mol. The van der Waals surface area contributed by atoms with E-state index < -0.39 is 29.9 Å². The molecule has 7 N–H and O–H groups in total. The number of halogens is 2. The number of urea groups is 1. The van der Waals surface area contributed by atoms with Crippen molar-refractivity contribution in [3.05, 3.63) is 65.0 Å². The molecule has 17 nitrogen and oxygen atoms in total. The topological polar surface area (TPSA) is 234 Å². The molecule has 6 amide bonds. The average Bonchev–Trinajstić information content (AvgIpc) is 3.21. The van der Waals surface area contributed by atoms with E-state index in [4.69, 9.17) is 24.7 Å². The number of hydrogen-bond donors (Lipinski definition) is 6. The number of benzene rings is 2. The summed E-state index contributed by atoms with van der Waals surface area (Å²) in [5.74, 6) is -1.80. The first-order valence-corrected chi connectivity index (χ1v) is 21.7. The highest BCUT2D eigenvalue weighted by atomic mass is 79.9. The number of primary amides is 1. The van der Waals surface area contributed by atoms with Crippen molar-refractivity contribution in [3.63, 3.8) is 0 Å². The molecule has 0 aliphatic heterocycles. The molecule has 0 bridgehead atoms. The number of aromatic nitrogens is 2. The summed E-state index contributed by atoms with van der Waals surface area (Å²) < 4.78 is 22.1. The Hall–Kier alpha value is -4.27. The van der Waals surface area contributed by atoms with Crippen LogP contribution in [0, 0.1) is 12.8 Å². The molecule has 0 spiro atoms. The van der Waals surface area contributed by atoms with Crippen molar-refractivity contribution >= 4 is 78.2 Å². The van der Waals surface area contributed by atoms with Gasteiger partial charge in [0.2, 0.25) is 17.7 Å². The van der Waals surface area contributed by atoms with Crippen LogP contribution in [-0.4, -0.2) is 118 Å². The van der Waals surface area contributed by atoms with E-state index in [0.717, 1.165) is 22.5 Å². The van der Waals surface area contributed by atoms with Crippen molar-refractivity contribution in [2.75, 3.05) is 71.3 Å². The third-order valence-corrected chi connectivity index (χ3v) is 9.70. The van der Waals surface area contributed by atoms with Gasteiger partial charge in [0, 0.05) is 41.4 Å². The zero-order valence-electron chi connectivity index (χ0n) is 33.8. The van der Waals surface area contributed by atoms with E-state index in [1.165, 1.54) is 0 Å². The molecule has 3 rings (SSSR count). The summed E-state index contributed by atoms with van der Waals surface area (Å²) in [5, 5.41) is 14.8. The summed E-state index contributed by atoms with van der Waals surface area (Å²) >= 11 is 6.86. The lowest BCUT2D eigenvalue weighted by Crippen LogP contribution is -2.54. The molecule has 0 radical (unpaired) electrons. The van der Waals surface area contributed by atoms with Crippen LogP contribution in [0.1, 0.15) is 60.4 Å². The zero-order chi connectivity index (χ0) is 43.0. The quantitative estimate of drug-likeness (QED) is 0.0455. The van der Waals surface area contributed by atoms with Crippen molar-refractivity contribution < 1.29 is 42.9 Å². The Labute approximate surface area is 361 Å². The molecule has 0 unspecified atom stereocenters. The van der Waals surface area contributed by atoms with Gasteiger partial charge >= 0.3 is 6.03 Å². The smallest absolute Gasteiger partial charge is 0.312 e. The van der Waals surface area contributed by atoms with Gasteiger partial charge in [-0.05, 0) is 56.0 Å². The number of rotatable bonds is 28. The van der Waals surface area contributed by atoms with Gasteiger partial charge in [-0.1, -0.05) is 63.4 Å². The minimum absolute atomic E-state index is 0.0228. The van der Waals surface area contributed by atoms with E-state index in [2.05, 4.69) is 68.4 Å². The van der Waals surface area contributed by atoms with Gasteiger partial charge in [0.25, 0.3) is 5.91 Å².